The zero-order valence-electron chi connectivity index (χ0n) is 29.7. The average molecular weight is 698 g/mol. The molecular weight excluding hydrogens is 651 g/mol. The second kappa shape index (κ2) is 14.2. The number of amides is 2. The number of hydrogen-bond acceptors (Lipinski definition) is 6. The Labute approximate surface area is 296 Å². The van der Waals surface area contributed by atoms with Gasteiger partial charge in [-0.05, 0) is 99.6 Å². The Balaban J connectivity index is 1.47. The van der Waals surface area contributed by atoms with Crippen LogP contribution in [-0.4, -0.2) is 73.9 Å². The van der Waals surface area contributed by atoms with Gasteiger partial charge in [-0.3, -0.25) is 19.0 Å². The quantitative estimate of drug-likeness (QED) is 0.219. The van der Waals surface area contributed by atoms with Gasteiger partial charge in [0.2, 0.25) is 0 Å². The highest BCUT2D eigenvalue weighted by Gasteiger charge is 2.33. The number of morpholine rings is 1. The second-order valence-corrected chi connectivity index (χ2v) is 15.6. The molecule has 0 bridgehead atoms. The first-order chi connectivity index (χ1) is 24.2. The predicted molar refractivity (Wildman–Crippen MR) is 198 cm³/mol. The van der Waals surface area contributed by atoms with E-state index in [-0.39, 0.29) is 17.1 Å². The van der Waals surface area contributed by atoms with Gasteiger partial charge in [-0.15, -0.1) is 0 Å². The van der Waals surface area contributed by atoms with Gasteiger partial charge in [-0.25, -0.2) is 4.21 Å². The number of carbonyl (C=O) groups is 2. The molecular formula is C39H47N5O5S. The number of hydrogen-bond donors (Lipinski definition) is 1. The van der Waals surface area contributed by atoms with E-state index >= 15 is 0 Å². The van der Waals surface area contributed by atoms with Crippen LogP contribution in [0.2, 0.25) is 0 Å². The van der Waals surface area contributed by atoms with Crippen molar-refractivity contribution in [3.05, 3.63) is 70.0 Å². The lowest BCUT2D eigenvalue weighted by Crippen LogP contribution is -2.41. The molecule has 2 amide bonds. The Hall–Kier alpha value is -4.22. The fourth-order valence-corrected chi connectivity index (χ4v) is 8.45. The number of nitrogens with zero attached hydrogens (tertiary/aromatic N) is 4. The number of methoxy groups -OCH3 is 1. The third-order valence-electron chi connectivity index (χ3n) is 10.4. The van der Waals surface area contributed by atoms with Crippen molar-refractivity contribution in [2.45, 2.75) is 84.1 Å². The SMILES string of the molecule is CCn1nc(C)c(C(=O)N2CCOCC2)c1C1=Cc2cc(OC)ccc2-c2c(C3CCCCC3)c3ccc(C(=O)NS(=O)C(C)C)cc3n2C1. The molecule has 1 saturated carbocycles. The van der Waals surface area contributed by atoms with E-state index in [4.69, 9.17) is 14.6 Å². The van der Waals surface area contributed by atoms with Gasteiger partial charge < -0.3 is 18.9 Å². The average Bonchev–Trinajstić information content (AvgIpc) is 3.58. The molecule has 4 aromatic rings. The maximum absolute atomic E-state index is 14.3. The monoisotopic (exact) mass is 697 g/mol. The number of fused-ring (bicyclic) bond motifs is 5. The van der Waals surface area contributed by atoms with Crippen LogP contribution in [0.1, 0.15) is 102 Å². The Kier molecular flexibility index (Phi) is 9.72. The maximum atomic E-state index is 14.3. The molecule has 10 nitrogen and oxygen atoms in total. The first kappa shape index (κ1) is 34.2. The van der Waals surface area contributed by atoms with Crippen LogP contribution in [0.4, 0.5) is 0 Å². The first-order valence-electron chi connectivity index (χ1n) is 17.9. The summed E-state index contributed by atoms with van der Waals surface area (Å²) in [6, 6.07) is 12.1. The molecule has 0 spiro atoms. The third-order valence-corrected chi connectivity index (χ3v) is 11.7. The standard InChI is InChI=1S/C39H47N5O5S/c1-6-44-36(34(25(4)40-44)39(46)42-16-18-49-19-17-42)29-20-28-21-30(48-5)13-15-31(28)37-35(26-10-8-7-9-11-26)32-14-12-27(22-33(32)43(37)23-29)38(45)41-50(47)24(2)3/h12-15,20-22,24,26H,6-11,16-19,23H2,1-5H3,(H,41,45). The van der Waals surface area contributed by atoms with Crippen molar-refractivity contribution < 1.29 is 23.3 Å². The van der Waals surface area contributed by atoms with Crippen LogP contribution in [-0.2, 0) is 28.8 Å². The van der Waals surface area contributed by atoms with Gasteiger partial charge in [0, 0.05) is 46.9 Å². The molecule has 1 unspecified atom stereocenters. The van der Waals surface area contributed by atoms with Crippen LogP contribution in [0.25, 0.3) is 33.8 Å². The molecule has 4 heterocycles. The van der Waals surface area contributed by atoms with E-state index in [1.165, 1.54) is 24.8 Å². The number of aryl methyl sites for hydroxylation is 2. The number of carbonyl (C=O) groups excluding carboxylic acids is 2. The number of benzene rings is 2. The molecule has 1 atom stereocenters. The zero-order valence-corrected chi connectivity index (χ0v) is 30.5. The molecule has 2 fully saturated rings. The fourth-order valence-electron chi connectivity index (χ4n) is 7.91. The molecule has 1 saturated heterocycles. The van der Waals surface area contributed by atoms with Crippen LogP contribution >= 0.6 is 0 Å². The highest BCUT2D eigenvalue weighted by atomic mass is 32.2. The molecule has 50 heavy (non-hydrogen) atoms. The Morgan fingerprint density at radius 2 is 1.82 bits per heavy atom. The topological polar surface area (TPSA) is 108 Å². The summed E-state index contributed by atoms with van der Waals surface area (Å²) in [5.41, 5.74) is 9.04. The lowest BCUT2D eigenvalue weighted by Gasteiger charge is -2.27. The van der Waals surface area contributed by atoms with Crippen molar-refractivity contribution in [1.82, 2.24) is 24.0 Å². The largest absolute Gasteiger partial charge is 0.497 e. The number of rotatable bonds is 8. The molecule has 0 radical (unpaired) electrons. The Morgan fingerprint density at radius 3 is 2.52 bits per heavy atom. The van der Waals surface area contributed by atoms with E-state index in [0.717, 1.165) is 57.6 Å². The van der Waals surface area contributed by atoms with Crippen LogP contribution in [0, 0.1) is 6.92 Å². The molecule has 1 aliphatic carbocycles. The minimum Gasteiger partial charge on any atom is -0.497 e. The number of ether oxygens (including phenoxy) is 2. The van der Waals surface area contributed by atoms with Crippen LogP contribution in [0.5, 0.6) is 5.75 Å². The van der Waals surface area contributed by atoms with Crippen molar-refractivity contribution in [2.75, 3.05) is 33.4 Å². The first-order valence-corrected chi connectivity index (χ1v) is 19.1. The highest BCUT2D eigenvalue weighted by Crippen LogP contribution is 2.48. The van der Waals surface area contributed by atoms with E-state index in [2.05, 4.69) is 40.5 Å². The summed E-state index contributed by atoms with van der Waals surface area (Å²) in [5.74, 6) is 0.731. The minimum absolute atomic E-state index is 0.0332. The highest BCUT2D eigenvalue weighted by molar-refractivity contribution is 7.84. The van der Waals surface area contributed by atoms with Crippen molar-refractivity contribution in [2.24, 2.45) is 0 Å². The molecule has 264 valence electrons. The van der Waals surface area contributed by atoms with Crippen molar-refractivity contribution in [1.29, 1.82) is 0 Å². The van der Waals surface area contributed by atoms with Gasteiger partial charge >= 0.3 is 0 Å². The van der Waals surface area contributed by atoms with Gasteiger partial charge in [-0.1, -0.05) is 25.3 Å². The van der Waals surface area contributed by atoms with Gasteiger partial charge in [0.25, 0.3) is 11.8 Å². The Bertz CT molecular complexity index is 2010. The van der Waals surface area contributed by atoms with Gasteiger partial charge in [0.1, 0.15) is 16.7 Å². The van der Waals surface area contributed by atoms with E-state index < -0.39 is 11.0 Å². The maximum Gasteiger partial charge on any atom is 0.263 e. The lowest BCUT2D eigenvalue weighted by molar-refractivity contribution is 0.0302. The molecule has 7 rings (SSSR count). The summed E-state index contributed by atoms with van der Waals surface area (Å²) in [5, 5.41) is 5.82. The third kappa shape index (κ3) is 6.19. The van der Waals surface area contributed by atoms with Gasteiger partial charge in [-0.2, -0.15) is 5.10 Å². The summed E-state index contributed by atoms with van der Waals surface area (Å²) >= 11 is 0. The van der Waals surface area contributed by atoms with Crippen molar-refractivity contribution in [3.8, 4) is 17.0 Å². The van der Waals surface area contributed by atoms with Crippen LogP contribution in [0.3, 0.4) is 0 Å². The van der Waals surface area contributed by atoms with E-state index in [9.17, 15) is 13.8 Å². The minimum atomic E-state index is -1.49. The summed E-state index contributed by atoms with van der Waals surface area (Å²) < 4.78 is 30.9. The molecule has 11 heteroatoms. The van der Waals surface area contributed by atoms with Gasteiger partial charge in [0.15, 0.2) is 0 Å². The normalized spacial score (nSPS) is 17.2. The molecule has 1 N–H and O–H groups in total. The summed E-state index contributed by atoms with van der Waals surface area (Å²) in [4.78, 5) is 29.6. The number of aromatic nitrogens is 3. The lowest BCUT2D eigenvalue weighted by atomic mass is 9.81. The van der Waals surface area contributed by atoms with E-state index in [0.29, 0.717) is 62.1 Å². The fraction of sp³-hybridized carbons (Fsp3) is 0.462. The van der Waals surface area contributed by atoms with Crippen LogP contribution in [0.15, 0.2) is 36.4 Å². The van der Waals surface area contributed by atoms with E-state index in [1.807, 2.05) is 48.6 Å². The summed E-state index contributed by atoms with van der Waals surface area (Å²) in [6.07, 6.45) is 8.00. The summed E-state index contributed by atoms with van der Waals surface area (Å²) in [6.45, 7) is 10.8. The molecule has 2 aliphatic heterocycles. The Morgan fingerprint density at radius 1 is 1.06 bits per heavy atom. The molecule has 3 aliphatic rings. The predicted octanol–water partition coefficient (Wildman–Crippen LogP) is 6.72. The number of nitrogens with one attached hydrogen (secondary N) is 1. The smallest absolute Gasteiger partial charge is 0.263 e. The molecule has 2 aromatic carbocycles. The zero-order chi connectivity index (χ0) is 35.1. The molecule has 2 aromatic heterocycles. The van der Waals surface area contributed by atoms with Crippen LogP contribution < -0.4 is 9.46 Å². The van der Waals surface area contributed by atoms with Crippen molar-refractivity contribution >= 4 is 45.4 Å². The number of allylic oxidation sites excluding steroid dienone is 1. The van der Waals surface area contributed by atoms with E-state index in [1.54, 1.807) is 7.11 Å². The van der Waals surface area contributed by atoms with Crippen molar-refractivity contribution in [3.63, 3.8) is 0 Å². The summed E-state index contributed by atoms with van der Waals surface area (Å²) in [7, 11) is 0.187. The van der Waals surface area contributed by atoms with Gasteiger partial charge in [0.05, 0.1) is 49.5 Å². The second-order valence-electron chi connectivity index (χ2n) is 13.8.